The van der Waals surface area contributed by atoms with E-state index >= 15 is 0 Å². The van der Waals surface area contributed by atoms with Crippen molar-refractivity contribution < 1.29 is 10.2 Å². The summed E-state index contributed by atoms with van der Waals surface area (Å²) in [6.45, 7) is 4.37. The number of aromatic hydroxyl groups is 2. The van der Waals surface area contributed by atoms with Crippen LogP contribution < -0.4 is 5.32 Å². The first-order valence-electron chi connectivity index (χ1n) is 6.45. The van der Waals surface area contributed by atoms with E-state index in [1.54, 1.807) is 12.1 Å². The van der Waals surface area contributed by atoms with Crippen LogP contribution in [0.15, 0.2) is 18.2 Å². The minimum Gasteiger partial charge on any atom is -0.504 e. The Balaban J connectivity index is 2.18. The molecule has 1 aromatic rings. The Kier molecular flexibility index (Phi) is 3.89. The second-order valence-electron chi connectivity index (χ2n) is 4.85. The topological polar surface area (TPSA) is 52.5 Å². The Morgan fingerprint density at radius 2 is 1.94 bits per heavy atom. The molecule has 2 rings (SSSR count). The third-order valence-corrected chi connectivity index (χ3v) is 3.82. The van der Waals surface area contributed by atoms with Gasteiger partial charge in [-0.2, -0.15) is 0 Å². The molecule has 1 aromatic carbocycles. The number of rotatable bonds is 3. The molecule has 0 radical (unpaired) electrons. The standard InChI is InChI=1S/C14H21NO2/c1-2-12(10-5-7-15-8-6-10)11-3-4-13(16)14(17)9-11/h3-4,9-10,12,15-17H,2,5-8H2,1H3. The predicted molar refractivity (Wildman–Crippen MR) is 68.4 cm³/mol. The molecule has 1 aliphatic heterocycles. The summed E-state index contributed by atoms with van der Waals surface area (Å²) in [5.41, 5.74) is 1.15. The van der Waals surface area contributed by atoms with E-state index in [2.05, 4.69) is 12.2 Å². The lowest BCUT2D eigenvalue weighted by Crippen LogP contribution is -2.30. The van der Waals surface area contributed by atoms with Crippen LogP contribution in [0.3, 0.4) is 0 Å². The smallest absolute Gasteiger partial charge is 0.157 e. The molecule has 1 heterocycles. The summed E-state index contributed by atoms with van der Waals surface area (Å²) in [4.78, 5) is 0. The molecule has 3 heteroatoms. The first-order chi connectivity index (χ1) is 8.22. The van der Waals surface area contributed by atoms with Crippen molar-refractivity contribution in [1.29, 1.82) is 0 Å². The van der Waals surface area contributed by atoms with E-state index in [1.165, 1.54) is 12.8 Å². The van der Waals surface area contributed by atoms with Crippen LogP contribution in [0.2, 0.25) is 0 Å². The molecule has 0 aliphatic carbocycles. The van der Waals surface area contributed by atoms with Crippen LogP contribution in [0.25, 0.3) is 0 Å². The molecular weight excluding hydrogens is 214 g/mol. The average Bonchev–Trinajstić information content (AvgIpc) is 2.36. The molecule has 1 aliphatic rings. The normalized spacial score (nSPS) is 19.1. The molecule has 94 valence electrons. The molecule has 17 heavy (non-hydrogen) atoms. The van der Waals surface area contributed by atoms with Gasteiger partial charge in [0.05, 0.1) is 0 Å². The molecule has 0 saturated carbocycles. The minimum absolute atomic E-state index is 0.00474. The van der Waals surface area contributed by atoms with E-state index in [1.807, 2.05) is 6.07 Å². The Labute approximate surface area is 102 Å². The number of hydrogen-bond donors (Lipinski definition) is 3. The molecule has 1 atom stereocenters. The lowest BCUT2D eigenvalue weighted by atomic mass is 9.79. The summed E-state index contributed by atoms with van der Waals surface area (Å²) in [6.07, 6.45) is 3.47. The molecule has 0 amide bonds. The zero-order valence-corrected chi connectivity index (χ0v) is 10.3. The number of phenolic OH excluding ortho intramolecular Hbond substituents is 2. The lowest BCUT2D eigenvalue weighted by Gasteiger charge is -2.30. The monoisotopic (exact) mass is 235 g/mol. The van der Waals surface area contributed by atoms with Crippen LogP contribution in [0.4, 0.5) is 0 Å². The predicted octanol–water partition coefficient (Wildman–Crippen LogP) is 2.59. The SMILES string of the molecule is CCC(c1ccc(O)c(O)c1)C1CCNCC1. The summed E-state index contributed by atoms with van der Waals surface area (Å²) in [6, 6.07) is 5.24. The molecule has 1 fully saturated rings. The summed E-state index contributed by atoms with van der Waals surface area (Å²) in [7, 11) is 0. The van der Waals surface area contributed by atoms with Crippen LogP contribution in [0, 0.1) is 5.92 Å². The van der Waals surface area contributed by atoms with Gasteiger partial charge in [0.25, 0.3) is 0 Å². The van der Waals surface area contributed by atoms with E-state index in [4.69, 9.17) is 0 Å². The fraction of sp³-hybridized carbons (Fsp3) is 0.571. The highest BCUT2D eigenvalue weighted by Crippen LogP contribution is 2.37. The number of piperidine rings is 1. The van der Waals surface area contributed by atoms with Crippen LogP contribution in [0.5, 0.6) is 11.5 Å². The lowest BCUT2D eigenvalue weighted by molar-refractivity contribution is 0.311. The van der Waals surface area contributed by atoms with Gasteiger partial charge in [-0.3, -0.25) is 0 Å². The van der Waals surface area contributed by atoms with Gasteiger partial charge in [-0.1, -0.05) is 13.0 Å². The zero-order chi connectivity index (χ0) is 12.3. The van der Waals surface area contributed by atoms with Crippen LogP contribution >= 0.6 is 0 Å². The summed E-state index contributed by atoms with van der Waals surface area (Å²) in [5.74, 6) is 1.14. The van der Waals surface area contributed by atoms with E-state index in [0.717, 1.165) is 25.1 Å². The van der Waals surface area contributed by atoms with Gasteiger partial charge in [-0.25, -0.2) is 0 Å². The Morgan fingerprint density at radius 1 is 1.24 bits per heavy atom. The van der Waals surface area contributed by atoms with Gasteiger partial charge in [-0.05, 0) is 61.9 Å². The van der Waals surface area contributed by atoms with Crippen molar-refractivity contribution in [3.05, 3.63) is 23.8 Å². The maximum atomic E-state index is 9.58. The van der Waals surface area contributed by atoms with Gasteiger partial charge in [-0.15, -0.1) is 0 Å². The highest BCUT2D eigenvalue weighted by atomic mass is 16.3. The molecule has 3 nitrogen and oxygen atoms in total. The van der Waals surface area contributed by atoms with E-state index in [-0.39, 0.29) is 11.5 Å². The van der Waals surface area contributed by atoms with Crippen molar-refractivity contribution in [1.82, 2.24) is 5.32 Å². The minimum atomic E-state index is -0.0334. The zero-order valence-electron chi connectivity index (χ0n) is 10.3. The first-order valence-corrected chi connectivity index (χ1v) is 6.45. The van der Waals surface area contributed by atoms with Gasteiger partial charge >= 0.3 is 0 Å². The average molecular weight is 235 g/mol. The molecule has 0 bridgehead atoms. The van der Waals surface area contributed by atoms with E-state index in [9.17, 15) is 10.2 Å². The van der Waals surface area contributed by atoms with Crippen molar-refractivity contribution in [2.24, 2.45) is 5.92 Å². The number of hydrogen-bond acceptors (Lipinski definition) is 3. The second kappa shape index (κ2) is 5.41. The molecule has 1 saturated heterocycles. The maximum Gasteiger partial charge on any atom is 0.157 e. The van der Waals surface area contributed by atoms with Crippen molar-refractivity contribution in [2.75, 3.05) is 13.1 Å². The van der Waals surface area contributed by atoms with Gasteiger partial charge in [0.2, 0.25) is 0 Å². The van der Waals surface area contributed by atoms with Crippen LogP contribution in [-0.2, 0) is 0 Å². The van der Waals surface area contributed by atoms with Gasteiger partial charge < -0.3 is 15.5 Å². The van der Waals surface area contributed by atoms with Crippen LogP contribution in [0.1, 0.15) is 37.7 Å². The van der Waals surface area contributed by atoms with E-state index in [0.29, 0.717) is 11.8 Å². The molecular formula is C14H21NO2. The Bertz CT molecular complexity index is 372. The fourth-order valence-electron chi connectivity index (χ4n) is 2.86. The third kappa shape index (κ3) is 2.72. The number of benzene rings is 1. The summed E-state index contributed by atoms with van der Waals surface area (Å²) >= 11 is 0. The molecule has 1 unspecified atom stereocenters. The Morgan fingerprint density at radius 3 is 2.53 bits per heavy atom. The van der Waals surface area contributed by atoms with E-state index < -0.39 is 0 Å². The fourth-order valence-corrected chi connectivity index (χ4v) is 2.86. The van der Waals surface area contributed by atoms with Crippen molar-refractivity contribution >= 4 is 0 Å². The highest BCUT2D eigenvalue weighted by molar-refractivity contribution is 5.41. The third-order valence-electron chi connectivity index (χ3n) is 3.82. The van der Waals surface area contributed by atoms with Crippen molar-refractivity contribution in [3.8, 4) is 11.5 Å². The molecule has 0 aromatic heterocycles. The summed E-state index contributed by atoms with van der Waals surface area (Å²) < 4.78 is 0. The number of phenols is 2. The van der Waals surface area contributed by atoms with Gasteiger partial charge in [0, 0.05) is 0 Å². The van der Waals surface area contributed by atoms with Gasteiger partial charge in [0.1, 0.15) is 0 Å². The molecule has 3 N–H and O–H groups in total. The summed E-state index contributed by atoms with van der Waals surface area (Å²) in [5, 5.41) is 22.3. The largest absolute Gasteiger partial charge is 0.504 e. The number of nitrogens with one attached hydrogen (secondary N) is 1. The molecule has 0 spiro atoms. The second-order valence-corrected chi connectivity index (χ2v) is 4.85. The van der Waals surface area contributed by atoms with Crippen LogP contribution in [-0.4, -0.2) is 23.3 Å². The maximum absolute atomic E-state index is 9.58. The Hall–Kier alpha value is -1.22. The first kappa shape index (κ1) is 12.2. The van der Waals surface area contributed by atoms with Crippen molar-refractivity contribution in [2.45, 2.75) is 32.1 Å². The van der Waals surface area contributed by atoms with Gasteiger partial charge in [0.15, 0.2) is 11.5 Å². The highest BCUT2D eigenvalue weighted by Gasteiger charge is 2.24. The van der Waals surface area contributed by atoms with Crippen molar-refractivity contribution in [3.63, 3.8) is 0 Å². The quantitative estimate of drug-likeness (QED) is 0.706.